The van der Waals surface area contributed by atoms with Crippen LogP contribution in [0.5, 0.6) is 0 Å². The van der Waals surface area contributed by atoms with E-state index in [0.29, 0.717) is 6.42 Å². The van der Waals surface area contributed by atoms with E-state index < -0.39 is 34.4 Å². The van der Waals surface area contributed by atoms with Gasteiger partial charge >= 0.3 is 5.97 Å². The standard InChI is InChI=1S/C13H17N3O6/c1-3-6-13(2,12(19)20)14-10(17)8-15-7-9(16(21)22)4-5-11(15)18/h4-5,7H,3,6,8H2,1-2H3,(H,14,17)(H,19,20). The Kier molecular flexibility index (Phi) is 5.39. The molecule has 120 valence electrons. The van der Waals surface area contributed by atoms with Crippen LogP contribution in [0.15, 0.2) is 23.1 Å². The maximum atomic E-state index is 11.9. The lowest BCUT2D eigenvalue weighted by molar-refractivity contribution is -0.385. The van der Waals surface area contributed by atoms with Gasteiger partial charge in [-0.2, -0.15) is 0 Å². The van der Waals surface area contributed by atoms with Crippen molar-refractivity contribution in [3.05, 3.63) is 38.8 Å². The molecule has 0 aliphatic heterocycles. The van der Waals surface area contributed by atoms with E-state index in [-0.39, 0.29) is 12.1 Å². The van der Waals surface area contributed by atoms with Crippen molar-refractivity contribution in [3.63, 3.8) is 0 Å². The normalized spacial score (nSPS) is 13.2. The third kappa shape index (κ3) is 4.14. The zero-order valence-electron chi connectivity index (χ0n) is 12.2. The first-order chi connectivity index (χ1) is 10.2. The van der Waals surface area contributed by atoms with Crippen LogP contribution in [0.2, 0.25) is 0 Å². The molecule has 0 radical (unpaired) electrons. The van der Waals surface area contributed by atoms with Crippen molar-refractivity contribution >= 4 is 17.6 Å². The van der Waals surface area contributed by atoms with Gasteiger partial charge in [0.05, 0.1) is 11.1 Å². The van der Waals surface area contributed by atoms with E-state index in [1.54, 1.807) is 6.92 Å². The molecular weight excluding hydrogens is 294 g/mol. The van der Waals surface area contributed by atoms with Gasteiger partial charge in [0.1, 0.15) is 12.1 Å². The van der Waals surface area contributed by atoms with Gasteiger partial charge < -0.3 is 10.4 Å². The van der Waals surface area contributed by atoms with Gasteiger partial charge in [-0.05, 0) is 13.3 Å². The maximum absolute atomic E-state index is 11.9. The van der Waals surface area contributed by atoms with Gasteiger partial charge in [-0.25, -0.2) is 4.79 Å². The van der Waals surface area contributed by atoms with Gasteiger partial charge in [-0.3, -0.25) is 24.3 Å². The van der Waals surface area contributed by atoms with Gasteiger partial charge in [0, 0.05) is 12.1 Å². The second kappa shape index (κ2) is 6.83. The zero-order valence-corrected chi connectivity index (χ0v) is 12.2. The molecular formula is C13H17N3O6. The van der Waals surface area contributed by atoms with Crippen LogP contribution in [0.25, 0.3) is 0 Å². The molecule has 0 saturated heterocycles. The Labute approximate surface area is 125 Å². The second-order valence-corrected chi connectivity index (χ2v) is 5.05. The first kappa shape index (κ1) is 17.3. The molecule has 1 amide bonds. The molecule has 0 saturated carbocycles. The summed E-state index contributed by atoms with van der Waals surface area (Å²) in [5, 5.41) is 22.2. The molecule has 22 heavy (non-hydrogen) atoms. The van der Waals surface area contributed by atoms with Crippen LogP contribution in [0.3, 0.4) is 0 Å². The number of amides is 1. The molecule has 0 aromatic carbocycles. The smallest absolute Gasteiger partial charge is 0.329 e. The summed E-state index contributed by atoms with van der Waals surface area (Å²) < 4.78 is 0.863. The molecule has 1 rings (SSSR count). The number of aromatic nitrogens is 1. The quantitative estimate of drug-likeness (QED) is 0.557. The summed E-state index contributed by atoms with van der Waals surface area (Å²) in [4.78, 5) is 44.7. The number of carboxylic acids is 1. The van der Waals surface area contributed by atoms with Gasteiger partial charge in [0.25, 0.3) is 11.2 Å². The third-order valence-electron chi connectivity index (χ3n) is 3.13. The van der Waals surface area contributed by atoms with Crippen LogP contribution in [0.1, 0.15) is 26.7 Å². The maximum Gasteiger partial charge on any atom is 0.329 e. The minimum Gasteiger partial charge on any atom is -0.480 e. The Bertz CT molecular complexity index is 653. The molecule has 0 aliphatic rings. The number of carbonyl (C=O) groups is 2. The zero-order chi connectivity index (χ0) is 16.9. The van der Waals surface area contributed by atoms with E-state index in [1.807, 2.05) is 0 Å². The van der Waals surface area contributed by atoms with E-state index in [9.17, 15) is 29.6 Å². The van der Waals surface area contributed by atoms with Crippen molar-refractivity contribution in [3.8, 4) is 0 Å². The molecule has 9 heteroatoms. The first-order valence-electron chi connectivity index (χ1n) is 6.59. The van der Waals surface area contributed by atoms with Crippen LogP contribution < -0.4 is 10.9 Å². The number of carboxylic acid groups (broad SMARTS) is 1. The van der Waals surface area contributed by atoms with E-state index in [1.165, 1.54) is 6.92 Å². The van der Waals surface area contributed by atoms with Crippen molar-refractivity contribution in [2.75, 3.05) is 0 Å². The first-order valence-corrected chi connectivity index (χ1v) is 6.59. The largest absolute Gasteiger partial charge is 0.480 e. The minimum absolute atomic E-state index is 0.220. The highest BCUT2D eigenvalue weighted by atomic mass is 16.6. The van der Waals surface area contributed by atoms with E-state index in [4.69, 9.17) is 0 Å². The van der Waals surface area contributed by atoms with Crippen molar-refractivity contribution in [1.82, 2.24) is 9.88 Å². The molecule has 9 nitrogen and oxygen atoms in total. The lowest BCUT2D eigenvalue weighted by Gasteiger charge is -2.25. The van der Waals surface area contributed by atoms with Gasteiger partial charge in [0.15, 0.2) is 0 Å². The third-order valence-corrected chi connectivity index (χ3v) is 3.13. The summed E-state index contributed by atoms with van der Waals surface area (Å²) in [7, 11) is 0. The highest BCUT2D eigenvalue weighted by molar-refractivity contribution is 5.86. The predicted octanol–water partition coefficient (Wildman–Crippen LogP) is 0.516. The summed E-state index contributed by atoms with van der Waals surface area (Å²) in [6.07, 6.45) is 1.71. The van der Waals surface area contributed by atoms with Crippen LogP contribution in [0.4, 0.5) is 5.69 Å². The monoisotopic (exact) mass is 311 g/mol. The predicted molar refractivity (Wildman–Crippen MR) is 76.4 cm³/mol. The Morgan fingerprint density at radius 2 is 2.09 bits per heavy atom. The lowest BCUT2D eigenvalue weighted by atomic mass is 9.96. The molecule has 0 fully saturated rings. The lowest BCUT2D eigenvalue weighted by Crippen LogP contribution is -2.53. The van der Waals surface area contributed by atoms with E-state index in [0.717, 1.165) is 22.9 Å². The number of carbonyl (C=O) groups excluding carboxylic acids is 1. The number of pyridine rings is 1. The number of hydrogen-bond acceptors (Lipinski definition) is 5. The summed E-state index contributed by atoms with van der Waals surface area (Å²) in [5.41, 5.74) is -2.37. The molecule has 2 N–H and O–H groups in total. The Balaban J connectivity index is 2.93. The number of nitro groups is 1. The fraction of sp³-hybridized carbons (Fsp3) is 0.462. The molecule has 1 atom stereocenters. The topological polar surface area (TPSA) is 132 Å². The molecule has 1 aromatic rings. The SMILES string of the molecule is CCCC(C)(NC(=O)Cn1cc([N+](=O)[O-])ccc1=O)C(=O)O. The average molecular weight is 311 g/mol. The number of nitrogens with zero attached hydrogens (tertiary/aromatic N) is 2. The van der Waals surface area contributed by atoms with E-state index >= 15 is 0 Å². The molecule has 0 spiro atoms. The fourth-order valence-electron chi connectivity index (χ4n) is 1.98. The molecule has 0 aliphatic carbocycles. The fourth-order valence-corrected chi connectivity index (χ4v) is 1.98. The average Bonchev–Trinajstić information content (AvgIpc) is 2.40. The Morgan fingerprint density at radius 1 is 1.45 bits per heavy atom. The Hall–Kier alpha value is -2.71. The van der Waals surface area contributed by atoms with Crippen LogP contribution in [0, 0.1) is 10.1 Å². The van der Waals surface area contributed by atoms with Gasteiger partial charge in [-0.15, -0.1) is 0 Å². The highest BCUT2D eigenvalue weighted by Gasteiger charge is 2.33. The summed E-state index contributed by atoms with van der Waals surface area (Å²) in [6, 6.07) is 2.02. The minimum atomic E-state index is -1.45. The summed E-state index contributed by atoms with van der Waals surface area (Å²) in [6.45, 7) is 2.65. The Morgan fingerprint density at radius 3 is 2.59 bits per heavy atom. The van der Waals surface area contributed by atoms with Crippen LogP contribution in [-0.4, -0.2) is 32.0 Å². The molecule has 0 bridgehead atoms. The van der Waals surface area contributed by atoms with Crippen molar-refractivity contribution in [2.45, 2.75) is 38.8 Å². The highest BCUT2D eigenvalue weighted by Crippen LogP contribution is 2.13. The van der Waals surface area contributed by atoms with Crippen molar-refractivity contribution < 1.29 is 19.6 Å². The van der Waals surface area contributed by atoms with Gasteiger partial charge in [-0.1, -0.05) is 13.3 Å². The summed E-state index contributed by atoms with van der Waals surface area (Å²) >= 11 is 0. The van der Waals surface area contributed by atoms with Crippen LogP contribution in [-0.2, 0) is 16.1 Å². The number of aliphatic carboxylic acids is 1. The molecule has 1 unspecified atom stereocenters. The molecule has 1 aromatic heterocycles. The summed E-state index contributed by atoms with van der Waals surface area (Å²) in [5.74, 6) is -1.89. The molecule has 1 heterocycles. The second-order valence-electron chi connectivity index (χ2n) is 5.05. The van der Waals surface area contributed by atoms with Crippen LogP contribution >= 0.6 is 0 Å². The van der Waals surface area contributed by atoms with E-state index in [2.05, 4.69) is 5.32 Å². The number of nitrogens with one attached hydrogen (secondary N) is 1. The van der Waals surface area contributed by atoms with Crippen molar-refractivity contribution in [1.29, 1.82) is 0 Å². The van der Waals surface area contributed by atoms with Gasteiger partial charge in [0.2, 0.25) is 5.91 Å². The van der Waals surface area contributed by atoms with Crippen molar-refractivity contribution in [2.24, 2.45) is 0 Å². The number of rotatable bonds is 7. The number of hydrogen-bond donors (Lipinski definition) is 2.